The Kier molecular flexibility index (Phi) is 2.11. The molecule has 2 N–H and O–H groups in total. The molecule has 4 heteroatoms. The Bertz CT molecular complexity index is 430. The molecule has 1 amide bonds. The fourth-order valence-corrected chi connectivity index (χ4v) is 4.97. The van der Waals surface area contributed by atoms with Gasteiger partial charge < -0.3 is 5.32 Å². The smallest absolute Gasteiger partial charge is 0.231 e. The van der Waals surface area contributed by atoms with Gasteiger partial charge in [-0.2, -0.15) is 5.10 Å². The quantitative estimate of drug-likeness (QED) is 0.841. The molecule has 4 nitrogen and oxygen atoms in total. The van der Waals surface area contributed by atoms with Crippen molar-refractivity contribution in [2.45, 2.75) is 38.5 Å². The number of aromatic amines is 1. The Morgan fingerprint density at radius 2 is 1.83 bits per heavy atom. The lowest BCUT2D eigenvalue weighted by Crippen LogP contribution is -2.51. The van der Waals surface area contributed by atoms with E-state index in [9.17, 15) is 4.79 Å². The van der Waals surface area contributed by atoms with E-state index in [2.05, 4.69) is 15.5 Å². The molecule has 4 saturated carbocycles. The van der Waals surface area contributed by atoms with Crippen LogP contribution in [0.15, 0.2) is 12.3 Å². The maximum absolute atomic E-state index is 12.6. The Hall–Kier alpha value is -1.32. The number of carbonyl (C=O) groups excluding carboxylic acids is 1. The van der Waals surface area contributed by atoms with Crippen molar-refractivity contribution >= 4 is 11.7 Å². The lowest BCUT2D eigenvalue weighted by molar-refractivity contribution is -0.140. The lowest BCUT2D eigenvalue weighted by atomic mass is 9.49. The van der Waals surface area contributed by atoms with Crippen LogP contribution in [0.4, 0.5) is 5.82 Å². The molecular weight excluding hydrogens is 226 g/mol. The second-order valence-electron chi connectivity index (χ2n) is 6.62. The topological polar surface area (TPSA) is 57.8 Å². The van der Waals surface area contributed by atoms with E-state index < -0.39 is 0 Å². The third-order valence-corrected chi connectivity index (χ3v) is 5.27. The van der Waals surface area contributed by atoms with Gasteiger partial charge in [-0.1, -0.05) is 0 Å². The Labute approximate surface area is 107 Å². The molecule has 4 aliphatic carbocycles. The van der Waals surface area contributed by atoms with Crippen molar-refractivity contribution in [3.63, 3.8) is 0 Å². The van der Waals surface area contributed by atoms with Gasteiger partial charge in [-0.3, -0.25) is 9.89 Å². The van der Waals surface area contributed by atoms with Crippen LogP contribution >= 0.6 is 0 Å². The van der Waals surface area contributed by atoms with Gasteiger partial charge in [-0.05, 0) is 56.3 Å². The molecule has 0 radical (unpaired) electrons. The number of aromatic nitrogens is 2. The summed E-state index contributed by atoms with van der Waals surface area (Å²) in [6, 6.07) is 1.82. The minimum absolute atomic E-state index is 0.0696. The van der Waals surface area contributed by atoms with Crippen molar-refractivity contribution in [1.82, 2.24) is 10.2 Å². The van der Waals surface area contributed by atoms with Crippen LogP contribution < -0.4 is 5.32 Å². The van der Waals surface area contributed by atoms with Crippen LogP contribution in [0.25, 0.3) is 0 Å². The Balaban J connectivity index is 1.58. The maximum atomic E-state index is 12.6. The monoisotopic (exact) mass is 245 g/mol. The number of rotatable bonds is 2. The number of amides is 1. The molecule has 0 spiro atoms. The molecule has 1 aromatic rings. The lowest BCUT2D eigenvalue weighted by Gasteiger charge is -2.55. The minimum atomic E-state index is -0.0696. The molecule has 96 valence electrons. The van der Waals surface area contributed by atoms with Crippen molar-refractivity contribution in [3.05, 3.63) is 12.3 Å². The van der Waals surface area contributed by atoms with Crippen LogP contribution in [0.1, 0.15) is 38.5 Å². The second kappa shape index (κ2) is 3.59. The molecule has 4 bridgehead atoms. The van der Waals surface area contributed by atoms with E-state index in [1.165, 1.54) is 19.3 Å². The average Bonchev–Trinajstić information content (AvgIpc) is 2.79. The van der Waals surface area contributed by atoms with Gasteiger partial charge in [0.2, 0.25) is 5.91 Å². The average molecular weight is 245 g/mol. The van der Waals surface area contributed by atoms with E-state index in [4.69, 9.17) is 0 Å². The Morgan fingerprint density at radius 3 is 2.33 bits per heavy atom. The van der Waals surface area contributed by atoms with Crippen molar-refractivity contribution in [2.75, 3.05) is 5.32 Å². The van der Waals surface area contributed by atoms with Gasteiger partial charge in [0, 0.05) is 6.07 Å². The third kappa shape index (κ3) is 1.51. The molecule has 4 aliphatic rings. The van der Waals surface area contributed by atoms with E-state index in [1.807, 2.05) is 6.07 Å². The summed E-state index contributed by atoms with van der Waals surface area (Å²) in [5.41, 5.74) is -0.0696. The highest BCUT2D eigenvalue weighted by Gasteiger charge is 2.54. The van der Waals surface area contributed by atoms with E-state index in [0.717, 1.165) is 42.8 Å². The highest BCUT2D eigenvalue weighted by atomic mass is 16.2. The predicted molar refractivity (Wildman–Crippen MR) is 67.8 cm³/mol. The largest absolute Gasteiger partial charge is 0.311 e. The second-order valence-corrected chi connectivity index (χ2v) is 6.62. The fraction of sp³-hybridized carbons (Fsp3) is 0.714. The highest BCUT2D eigenvalue weighted by molar-refractivity contribution is 5.94. The summed E-state index contributed by atoms with van der Waals surface area (Å²) < 4.78 is 0. The zero-order chi connectivity index (χ0) is 12.2. The number of hydrogen-bond acceptors (Lipinski definition) is 2. The van der Waals surface area contributed by atoms with Gasteiger partial charge in [0.1, 0.15) is 5.82 Å². The van der Waals surface area contributed by atoms with Gasteiger partial charge in [0.15, 0.2) is 0 Å². The van der Waals surface area contributed by atoms with E-state index in [-0.39, 0.29) is 11.3 Å². The highest BCUT2D eigenvalue weighted by Crippen LogP contribution is 2.60. The van der Waals surface area contributed by atoms with Crippen molar-refractivity contribution in [1.29, 1.82) is 0 Å². The molecule has 5 rings (SSSR count). The van der Waals surface area contributed by atoms with E-state index in [1.54, 1.807) is 6.20 Å². The van der Waals surface area contributed by atoms with Crippen LogP contribution in [0, 0.1) is 23.2 Å². The van der Waals surface area contributed by atoms with Crippen LogP contribution in [-0.4, -0.2) is 16.1 Å². The van der Waals surface area contributed by atoms with Crippen LogP contribution in [0.2, 0.25) is 0 Å². The predicted octanol–water partition coefficient (Wildman–Crippen LogP) is 2.56. The normalized spacial score (nSPS) is 41.0. The van der Waals surface area contributed by atoms with Crippen LogP contribution in [0.3, 0.4) is 0 Å². The van der Waals surface area contributed by atoms with Crippen molar-refractivity contribution in [2.24, 2.45) is 23.2 Å². The van der Waals surface area contributed by atoms with Crippen molar-refractivity contribution in [3.8, 4) is 0 Å². The third-order valence-electron chi connectivity index (χ3n) is 5.27. The molecule has 0 saturated heterocycles. The SMILES string of the molecule is O=C(Nc1ccn[nH]1)C12CC3CC(CC(C3)C1)C2. The number of nitrogens with one attached hydrogen (secondary N) is 2. The van der Waals surface area contributed by atoms with Gasteiger partial charge in [0.05, 0.1) is 11.6 Å². The zero-order valence-electron chi connectivity index (χ0n) is 10.5. The first-order valence-electron chi connectivity index (χ1n) is 7.04. The minimum Gasteiger partial charge on any atom is -0.311 e. The summed E-state index contributed by atoms with van der Waals surface area (Å²) in [5, 5.41) is 9.72. The van der Waals surface area contributed by atoms with Crippen molar-refractivity contribution < 1.29 is 4.79 Å². The summed E-state index contributed by atoms with van der Waals surface area (Å²) in [4.78, 5) is 12.6. The first-order valence-corrected chi connectivity index (χ1v) is 7.04. The van der Waals surface area contributed by atoms with Gasteiger partial charge >= 0.3 is 0 Å². The van der Waals surface area contributed by atoms with Crippen LogP contribution in [-0.2, 0) is 4.79 Å². The zero-order valence-corrected chi connectivity index (χ0v) is 10.5. The number of H-pyrrole nitrogens is 1. The van der Waals surface area contributed by atoms with Gasteiger partial charge in [-0.15, -0.1) is 0 Å². The summed E-state index contributed by atoms with van der Waals surface area (Å²) in [5.74, 6) is 3.39. The summed E-state index contributed by atoms with van der Waals surface area (Å²) in [7, 11) is 0. The van der Waals surface area contributed by atoms with Crippen LogP contribution in [0.5, 0.6) is 0 Å². The fourth-order valence-electron chi connectivity index (χ4n) is 4.97. The molecule has 0 unspecified atom stereocenters. The molecule has 1 heterocycles. The molecule has 4 fully saturated rings. The van der Waals surface area contributed by atoms with Gasteiger partial charge in [0.25, 0.3) is 0 Å². The summed E-state index contributed by atoms with van der Waals surface area (Å²) >= 11 is 0. The first kappa shape index (κ1) is 10.6. The molecule has 1 aromatic heterocycles. The molecule has 18 heavy (non-hydrogen) atoms. The standard InChI is InChI=1S/C14H19N3O/c18-13(16-12-1-2-15-17-12)14-6-9-3-10(7-14)5-11(4-9)8-14/h1-2,9-11H,3-8H2,(H2,15,16,17,18). The number of anilines is 1. The first-order chi connectivity index (χ1) is 8.73. The number of hydrogen-bond donors (Lipinski definition) is 2. The number of nitrogens with zero attached hydrogens (tertiary/aromatic N) is 1. The Morgan fingerprint density at radius 1 is 1.22 bits per heavy atom. The molecular formula is C14H19N3O. The van der Waals surface area contributed by atoms with Gasteiger partial charge in [-0.25, -0.2) is 0 Å². The summed E-state index contributed by atoms with van der Waals surface area (Å²) in [6.07, 6.45) is 9.12. The summed E-state index contributed by atoms with van der Waals surface area (Å²) in [6.45, 7) is 0. The van der Waals surface area contributed by atoms with E-state index >= 15 is 0 Å². The molecule has 0 aromatic carbocycles. The number of carbonyl (C=O) groups is 1. The molecule has 0 aliphatic heterocycles. The van der Waals surface area contributed by atoms with E-state index in [0.29, 0.717) is 0 Å². The maximum Gasteiger partial charge on any atom is 0.231 e. The molecule has 0 atom stereocenters.